The number of pyridine rings is 1. The number of halogens is 2. The first-order valence-corrected chi connectivity index (χ1v) is 10.2. The number of nitrogens with one attached hydrogen (secondary N) is 1. The van der Waals surface area contributed by atoms with Crippen molar-refractivity contribution in [1.29, 1.82) is 0 Å². The zero-order valence-corrected chi connectivity index (χ0v) is 18.6. The molecule has 2 aromatic carbocycles. The molecule has 3 rings (SSSR count). The van der Waals surface area contributed by atoms with Gasteiger partial charge in [0.2, 0.25) is 5.70 Å². The average Bonchev–Trinajstić information content (AvgIpc) is 2.67. The summed E-state index contributed by atoms with van der Waals surface area (Å²) in [5, 5.41) is 17.5. The topological polar surface area (TPSA) is 39.0 Å². The van der Waals surface area contributed by atoms with Crippen molar-refractivity contribution in [1.82, 2.24) is 0 Å². The molecular formula is C23H20Cl2N2OS. The molecule has 0 atom stereocenters. The summed E-state index contributed by atoms with van der Waals surface area (Å²) in [4.78, 5) is 0.301. The molecule has 0 unspecified atom stereocenters. The summed E-state index contributed by atoms with van der Waals surface area (Å²) in [7, 11) is 0. The third-order valence-corrected chi connectivity index (χ3v) is 5.52. The van der Waals surface area contributed by atoms with Gasteiger partial charge in [-0.3, -0.25) is 0 Å². The first-order chi connectivity index (χ1) is 13.8. The van der Waals surface area contributed by atoms with Crippen LogP contribution in [0.5, 0.6) is 0 Å². The molecule has 0 saturated heterocycles. The molecule has 0 spiro atoms. The van der Waals surface area contributed by atoms with Gasteiger partial charge in [-0.15, -0.1) is 0 Å². The van der Waals surface area contributed by atoms with Crippen LogP contribution >= 0.6 is 35.4 Å². The lowest BCUT2D eigenvalue weighted by molar-refractivity contribution is -0.578. The number of benzene rings is 2. The second kappa shape index (κ2) is 8.95. The average molecular weight is 443 g/mol. The Labute approximate surface area is 186 Å². The molecule has 148 valence electrons. The fourth-order valence-corrected chi connectivity index (χ4v) is 3.62. The van der Waals surface area contributed by atoms with Crippen molar-refractivity contribution in [2.75, 3.05) is 5.32 Å². The van der Waals surface area contributed by atoms with Crippen molar-refractivity contribution < 1.29 is 9.67 Å². The minimum Gasteiger partial charge on any atom is -0.867 e. The summed E-state index contributed by atoms with van der Waals surface area (Å²) < 4.78 is 1.72. The number of aromatic nitrogens is 1. The number of rotatable bonds is 4. The molecule has 0 saturated carbocycles. The second-order valence-corrected chi connectivity index (χ2v) is 8.04. The zero-order chi connectivity index (χ0) is 21.1. The smallest absolute Gasteiger partial charge is 0.238 e. The fraction of sp³-hybridized carbons (Fsp3) is 0.130. The second-order valence-electron chi connectivity index (χ2n) is 6.79. The number of aryl methyl sites for hydroxylation is 2. The van der Waals surface area contributed by atoms with Crippen LogP contribution in [0, 0.1) is 20.8 Å². The van der Waals surface area contributed by atoms with Crippen LogP contribution in [0.15, 0.2) is 60.9 Å². The minimum atomic E-state index is -0.309. The van der Waals surface area contributed by atoms with Crippen LogP contribution in [0.3, 0.4) is 0 Å². The predicted octanol–water partition coefficient (Wildman–Crippen LogP) is 5.33. The van der Waals surface area contributed by atoms with Crippen molar-refractivity contribution >= 4 is 57.6 Å². The highest BCUT2D eigenvalue weighted by molar-refractivity contribution is 7.81. The summed E-state index contributed by atoms with van der Waals surface area (Å²) in [6, 6.07) is 14.5. The standard InChI is InChI=1S/C23H20Cl2N2OS/c1-14-6-5-11-27(13-14)21(22(28)18-12-17(24)9-10-19(18)25)23(29)26-20-8-4-7-15(2)16(20)3/h4-13H,1-3H3,(H-,26,28,29). The zero-order valence-electron chi connectivity index (χ0n) is 16.3. The molecular weight excluding hydrogens is 423 g/mol. The largest absolute Gasteiger partial charge is 0.867 e. The lowest BCUT2D eigenvalue weighted by Crippen LogP contribution is -2.40. The number of nitrogens with zero attached hydrogens (tertiary/aromatic N) is 1. The Hall–Kier alpha value is -2.40. The molecule has 0 bridgehead atoms. The molecule has 0 radical (unpaired) electrons. The van der Waals surface area contributed by atoms with E-state index in [1.165, 1.54) is 0 Å². The molecule has 0 aliphatic rings. The van der Waals surface area contributed by atoms with Crippen LogP contribution in [0.1, 0.15) is 22.3 Å². The van der Waals surface area contributed by atoms with Crippen molar-refractivity contribution in [3.63, 3.8) is 0 Å². The maximum atomic E-state index is 13.5. The summed E-state index contributed by atoms with van der Waals surface area (Å²) in [6.45, 7) is 5.99. The molecule has 0 aliphatic carbocycles. The van der Waals surface area contributed by atoms with Crippen molar-refractivity contribution in [3.8, 4) is 0 Å². The third-order valence-electron chi connectivity index (χ3n) is 4.66. The van der Waals surface area contributed by atoms with Gasteiger partial charge in [0.25, 0.3) is 0 Å². The van der Waals surface area contributed by atoms with Crippen LogP contribution in [0.25, 0.3) is 11.5 Å². The van der Waals surface area contributed by atoms with E-state index in [9.17, 15) is 5.11 Å². The predicted molar refractivity (Wildman–Crippen MR) is 123 cm³/mol. The lowest BCUT2D eigenvalue weighted by Gasteiger charge is -2.19. The van der Waals surface area contributed by atoms with Crippen LogP contribution in [-0.4, -0.2) is 4.99 Å². The minimum absolute atomic E-state index is 0.299. The molecule has 6 heteroatoms. The van der Waals surface area contributed by atoms with Crippen LogP contribution in [0.2, 0.25) is 10.0 Å². The van der Waals surface area contributed by atoms with E-state index in [1.54, 1.807) is 29.0 Å². The van der Waals surface area contributed by atoms with E-state index >= 15 is 0 Å². The van der Waals surface area contributed by atoms with E-state index in [-0.39, 0.29) is 5.76 Å². The first-order valence-electron chi connectivity index (χ1n) is 9.00. The Morgan fingerprint density at radius 1 is 1.03 bits per heavy atom. The van der Waals surface area contributed by atoms with Gasteiger partial charge in [0.05, 0.1) is 0 Å². The number of hydrogen-bond acceptors (Lipinski definition) is 2. The number of anilines is 1. The van der Waals surface area contributed by atoms with Crippen molar-refractivity contribution in [2.24, 2.45) is 0 Å². The molecule has 3 aromatic rings. The normalized spacial score (nSPS) is 11.8. The van der Waals surface area contributed by atoms with Crippen LogP contribution in [0.4, 0.5) is 5.69 Å². The van der Waals surface area contributed by atoms with Gasteiger partial charge >= 0.3 is 0 Å². The highest BCUT2D eigenvalue weighted by Gasteiger charge is 2.21. The molecule has 0 fully saturated rings. The molecule has 3 nitrogen and oxygen atoms in total. The van der Waals surface area contributed by atoms with E-state index in [0.29, 0.717) is 26.3 Å². The third kappa shape index (κ3) is 4.78. The van der Waals surface area contributed by atoms with Gasteiger partial charge in [0.1, 0.15) is 0 Å². The Kier molecular flexibility index (Phi) is 6.58. The molecule has 1 N–H and O–H groups in total. The Morgan fingerprint density at radius 2 is 1.79 bits per heavy atom. The maximum absolute atomic E-state index is 13.5. The van der Waals surface area contributed by atoms with Gasteiger partial charge in [0.15, 0.2) is 17.4 Å². The highest BCUT2D eigenvalue weighted by Crippen LogP contribution is 2.27. The summed E-state index contributed by atoms with van der Waals surface area (Å²) in [5.41, 5.74) is 4.64. The lowest BCUT2D eigenvalue weighted by atomic mass is 10.1. The molecule has 1 aromatic heterocycles. The Morgan fingerprint density at radius 3 is 2.52 bits per heavy atom. The van der Waals surface area contributed by atoms with E-state index in [4.69, 9.17) is 35.4 Å². The molecule has 29 heavy (non-hydrogen) atoms. The van der Waals surface area contributed by atoms with Gasteiger partial charge < -0.3 is 10.4 Å². The van der Waals surface area contributed by atoms with E-state index in [1.807, 2.05) is 57.3 Å². The number of thiocarbonyl (C=S) groups is 1. The monoisotopic (exact) mass is 442 g/mol. The summed E-state index contributed by atoms with van der Waals surface area (Å²) >= 11 is 18.1. The van der Waals surface area contributed by atoms with Gasteiger partial charge in [-0.2, -0.15) is 4.57 Å². The van der Waals surface area contributed by atoms with Crippen LogP contribution < -0.4 is 15.0 Å². The van der Waals surface area contributed by atoms with Gasteiger partial charge in [-0.1, -0.05) is 47.6 Å². The van der Waals surface area contributed by atoms with Gasteiger partial charge in [-0.05, 0) is 73.6 Å². The molecule has 1 heterocycles. The van der Waals surface area contributed by atoms with E-state index in [2.05, 4.69) is 5.32 Å². The quantitative estimate of drug-likeness (QED) is 0.256. The van der Waals surface area contributed by atoms with E-state index < -0.39 is 0 Å². The SMILES string of the molecule is Cc1ccc[n+](/C(C(=S)Nc2cccc(C)c2C)=C(/[O-])c2cc(Cl)ccc2Cl)c1. The van der Waals surface area contributed by atoms with E-state index in [0.717, 1.165) is 22.4 Å². The van der Waals surface area contributed by atoms with Crippen LogP contribution in [-0.2, 0) is 0 Å². The molecule has 0 aliphatic heterocycles. The van der Waals surface area contributed by atoms with Crippen molar-refractivity contribution in [3.05, 3.63) is 93.2 Å². The number of hydrogen-bond donors (Lipinski definition) is 1. The first kappa shape index (κ1) is 21.3. The highest BCUT2D eigenvalue weighted by atomic mass is 35.5. The summed E-state index contributed by atoms with van der Waals surface area (Å²) in [6.07, 6.45) is 3.64. The van der Waals surface area contributed by atoms with Gasteiger partial charge in [0, 0.05) is 27.4 Å². The summed E-state index contributed by atoms with van der Waals surface area (Å²) in [5.74, 6) is -0.309. The van der Waals surface area contributed by atoms with Gasteiger partial charge in [-0.25, -0.2) is 0 Å². The fourth-order valence-electron chi connectivity index (χ4n) is 2.94. The maximum Gasteiger partial charge on any atom is 0.238 e. The Balaban J connectivity index is 2.16. The Bertz CT molecular complexity index is 1130. The van der Waals surface area contributed by atoms with Crippen molar-refractivity contribution in [2.45, 2.75) is 20.8 Å². The molecule has 0 amide bonds.